The molecule has 0 atom stereocenters. The highest BCUT2D eigenvalue weighted by Crippen LogP contribution is 2.15. The van der Waals surface area contributed by atoms with Gasteiger partial charge in [0.15, 0.2) is 0 Å². The van der Waals surface area contributed by atoms with Crippen molar-refractivity contribution in [3.8, 4) is 0 Å². The van der Waals surface area contributed by atoms with Gasteiger partial charge in [0.05, 0.1) is 11.2 Å². The molecule has 8 nitrogen and oxygen atoms in total. The summed E-state index contributed by atoms with van der Waals surface area (Å²) in [7, 11) is 0. The van der Waals surface area contributed by atoms with E-state index < -0.39 is 16.7 Å². The van der Waals surface area contributed by atoms with Crippen molar-refractivity contribution in [3.63, 3.8) is 0 Å². The van der Waals surface area contributed by atoms with Crippen molar-refractivity contribution in [1.82, 2.24) is 5.32 Å². The van der Waals surface area contributed by atoms with Gasteiger partial charge in [0, 0.05) is 29.5 Å². The molecular formula is C21H17N3O5. The van der Waals surface area contributed by atoms with Gasteiger partial charge in [-0.3, -0.25) is 19.7 Å². The molecule has 0 spiro atoms. The molecule has 2 amide bonds. The summed E-state index contributed by atoms with van der Waals surface area (Å²) in [5.41, 5.74) is 1.54. The van der Waals surface area contributed by atoms with E-state index >= 15 is 0 Å². The van der Waals surface area contributed by atoms with Gasteiger partial charge in [0.1, 0.15) is 11.5 Å². The first-order valence-corrected chi connectivity index (χ1v) is 8.61. The molecule has 0 unspecified atom stereocenters. The van der Waals surface area contributed by atoms with E-state index in [-0.39, 0.29) is 16.9 Å². The van der Waals surface area contributed by atoms with Crippen molar-refractivity contribution in [2.75, 3.05) is 5.32 Å². The fourth-order valence-electron chi connectivity index (χ4n) is 2.52. The fourth-order valence-corrected chi connectivity index (χ4v) is 2.52. The minimum atomic E-state index is -0.586. The Morgan fingerprint density at radius 3 is 2.45 bits per heavy atom. The van der Waals surface area contributed by atoms with Gasteiger partial charge in [-0.05, 0) is 48.9 Å². The number of amides is 2. The average molecular weight is 391 g/mol. The molecule has 0 fully saturated rings. The number of carbonyl (C=O) groups excluding carboxylic acids is 2. The van der Waals surface area contributed by atoms with Crippen molar-refractivity contribution >= 4 is 29.3 Å². The van der Waals surface area contributed by atoms with Gasteiger partial charge in [-0.2, -0.15) is 0 Å². The molecule has 29 heavy (non-hydrogen) atoms. The Morgan fingerprint density at radius 2 is 1.83 bits per heavy atom. The molecule has 0 aliphatic rings. The van der Waals surface area contributed by atoms with Crippen LogP contribution in [0.2, 0.25) is 0 Å². The van der Waals surface area contributed by atoms with Crippen molar-refractivity contribution in [2.45, 2.75) is 6.92 Å². The Bertz CT molecular complexity index is 1070. The molecule has 146 valence electrons. The third kappa shape index (κ3) is 5.16. The zero-order chi connectivity index (χ0) is 20.8. The summed E-state index contributed by atoms with van der Waals surface area (Å²) in [4.78, 5) is 35.5. The van der Waals surface area contributed by atoms with Crippen LogP contribution in [0.3, 0.4) is 0 Å². The monoisotopic (exact) mass is 391 g/mol. The first-order chi connectivity index (χ1) is 13.9. The van der Waals surface area contributed by atoms with Gasteiger partial charge >= 0.3 is 0 Å². The molecule has 1 aromatic heterocycles. The SMILES string of the molecule is Cc1cccc(NC(=O)/C(=C\c2ccco2)NC(=O)c2ccc([N+](=O)[O-])cc2)c1. The standard InChI is InChI=1S/C21H17N3O5/c1-14-4-2-5-16(12-14)22-21(26)19(13-18-6-3-11-29-18)23-20(25)15-7-9-17(10-8-15)24(27)28/h2-13H,1H3,(H,22,26)(H,23,25)/b19-13+. The molecule has 2 aromatic carbocycles. The lowest BCUT2D eigenvalue weighted by molar-refractivity contribution is -0.384. The second-order valence-electron chi connectivity index (χ2n) is 6.16. The van der Waals surface area contributed by atoms with Crippen molar-refractivity contribution in [2.24, 2.45) is 0 Å². The first-order valence-electron chi connectivity index (χ1n) is 8.61. The first kappa shape index (κ1) is 19.6. The lowest BCUT2D eigenvalue weighted by atomic mass is 10.2. The van der Waals surface area contributed by atoms with E-state index in [1.807, 2.05) is 13.0 Å². The Balaban J connectivity index is 1.82. The van der Waals surface area contributed by atoms with E-state index in [1.54, 1.807) is 30.3 Å². The average Bonchev–Trinajstić information content (AvgIpc) is 3.20. The Morgan fingerprint density at radius 1 is 1.07 bits per heavy atom. The highest BCUT2D eigenvalue weighted by atomic mass is 16.6. The predicted molar refractivity (Wildman–Crippen MR) is 107 cm³/mol. The summed E-state index contributed by atoms with van der Waals surface area (Å²) in [5, 5.41) is 16.0. The number of nitro groups is 1. The van der Waals surface area contributed by atoms with E-state index in [1.165, 1.54) is 36.6 Å². The second-order valence-corrected chi connectivity index (χ2v) is 6.16. The van der Waals surface area contributed by atoms with Crippen LogP contribution in [0.4, 0.5) is 11.4 Å². The Hall–Kier alpha value is -4.20. The third-order valence-electron chi connectivity index (χ3n) is 3.94. The lowest BCUT2D eigenvalue weighted by Crippen LogP contribution is -2.30. The largest absolute Gasteiger partial charge is 0.465 e. The normalized spacial score (nSPS) is 11.0. The van der Waals surface area contributed by atoms with Crippen molar-refractivity contribution in [1.29, 1.82) is 0 Å². The molecule has 3 rings (SSSR count). The molecule has 0 saturated heterocycles. The van der Waals surface area contributed by atoms with Gasteiger partial charge in [-0.25, -0.2) is 0 Å². The summed E-state index contributed by atoms with van der Waals surface area (Å²) < 4.78 is 5.23. The van der Waals surface area contributed by atoms with Crippen LogP contribution in [0.25, 0.3) is 6.08 Å². The summed E-state index contributed by atoms with van der Waals surface area (Å²) >= 11 is 0. The quantitative estimate of drug-likeness (QED) is 0.376. The number of rotatable bonds is 6. The molecular weight excluding hydrogens is 374 g/mol. The number of anilines is 1. The zero-order valence-corrected chi connectivity index (χ0v) is 15.4. The molecule has 0 radical (unpaired) electrons. The van der Waals surface area contributed by atoms with Crippen LogP contribution < -0.4 is 10.6 Å². The van der Waals surface area contributed by atoms with Gasteiger partial charge in [0.25, 0.3) is 17.5 Å². The number of aryl methyl sites for hydroxylation is 1. The number of hydrogen-bond donors (Lipinski definition) is 2. The Kier molecular flexibility index (Phi) is 5.84. The minimum absolute atomic E-state index is 0.0372. The van der Waals surface area contributed by atoms with Crippen LogP contribution in [0, 0.1) is 17.0 Å². The molecule has 8 heteroatoms. The van der Waals surface area contributed by atoms with Gasteiger partial charge < -0.3 is 15.1 Å². The number of nitrogens with one attached hydrogen (secondary N) is 2. The molecule has 0 aliphatic heterocycles. The minimum Gasteiger partial charge on any atom is -0.465 e. The van der Waals surface area contributed by atoms with Crippen LogP contribution >= 0.6 is 0 Å². The summed E-state index contributed by atoms with van der Waals surface area (Å²) in [6.45, 7) is 1.89. The lowest BCUT2D eigenvalue weighted by Gasteiger charge is -2.11. The number of carbonyl (C=O) groups is 2. The maximum absolute atomic E-state index is 12.7. The number of nitro benzene ring substituents is 1. The number of nitrogens with zero attached hydrogens (tertiary/aromatic N) is 1. The van der Waals surface area contributed by atoms with E-state index in [9.17, 15) is 19.7 Å². The van der Waals surface area contributed by atoms with Crippen molar-refractivity contribution < 1.29 is 18.9 Å². The highest BCUT2D eigenvalue weighted by Gasteiger charge is 2.16. The smallest absolute Gasteiger partial charge is 0.272 e. The Labute approximate surface area is 166 Å². The van der Waals surface area contributed by atoms with Crippen LogP contribution in [-0.4, -0.2) is 16.7 Å². The second kappa shape index (κ2) is 8.66. The van der Waals surface area contributed by atoms with Crippen molar-refractivity contribution in [3.05, 3.63) is 99.6 Å². The summed E-state index contributed by atoms with van der Waals surface area (Å²) in [5.74, 6) is -0.747. The molecule has 0 bridgehead atoms. The number of furan rings is 1. The zero-order valence-electron chi connectivity index (χ0n) is 15.4. The van der Waals surface area contributed by atoms with E-state index in [2.05, 4.69) is 10.6 Å². The maximum atomic E-state index is 12.7. The van der Waals surface area contributed by atoms with Crippen LogP contribution in [-0.2, 0) is 4.79 Å². The van der Waals surface area contributed by atoms with Crippen LogP contribution in [0.1, 0.15) is 21.7 Å². The van der Waals surface area contributed by atoms with Crippen LogP contribution in [0.15, 0.2) is 77.0 Å². The maximum Gasteiger partial charge on any atom is 0.272 e. The third-order valence-corrected chi connectivity index (χ3v) is 3.94. The molecule has 2 N–H and O–H groups in total. The number of non-ortho nitro benzene ring substituents is 1. The fraction of sp³-hybridized carbons (Fsp3) is 0.0476. The summed E-state index contributed by atoms with van der Waals surface area (Å²) in [6.07, 6.45) is 2.84. The molecule has 0 aliphatic carbocycles. The number of benzene rings is 2. The van der Waals surface area contributed by atoms with Gasteiger partial charge in [0.2, 0.25) is 0 Å². The molecule has 0 saturated carbocycles. The molecule has 3 aromatic rings. The van der Waals surface area contributed by atoms with Gasteiger partial charge in [-0.15, -0.1) is 0 Å². The van der Waals surface area contributed by atoms with E-state index in [0.29, 0.717) is 11.4 Å². The highest BCUT2D eigenvalue weighted by molar-refractivity contribution is 6.10. The summed E-state index contributed by atoms with van der Waals surface area (Å²) in [6, 6.07) is 15.6. The topological polar surface area (TPSA) is 114 Å². The van der Waals surface area contributed by atoms with Gasteiger partial charge in [-0.1, -0.05) is 12.1 Å². The molecule has 1 heterocycles. The number of hydrogen-bond acceptors (Lipinski definition) is 5. The predicted octanol–water partition coefficient (Wildman–Crippen LogP) is 3.91. The van der Waals surface area contributed by atoms with Crippen LogP contribution in [0.5, 0.6) is 0 Å². The van der Waals surface area contributed by atoms with E-state index in [4.69, 9.17) is 4.42 Å². The van der Waals surface area contributed by atoms with E-state index in [0.717, 1.165) is 5.56 Å².